The van der Waals surface area contributed by atoms with Crippen LogP contribution in [0.4, 0.5) is 9.52 Å². The number of ether oxygens (including phenoxy) is 1. The van der Waals surface area contributed by atoms with Crippen LogP contribution in [0.3, 0.4) is 0 Å². The Morgan fingerprint density at radius 1 is 1.26 bits per heavy atom. The van der Waals surface area contributed by atoms with Crippen LogP contribution >= 0.6 is 11.3 Å². The van der Waals surface area contributed by atoms with Gasteiger partial charge in [0.1, 0.15) is 11.6 Å². The third kappa shape index (κ3) is 4.74. The number of aryl methyl sites for hydroxylation is 2. The number of carbonyl (C=O) groups is 2. The van der Waals surface area contributed by atoms with Crippen LogP contribution in [-0.2, 0) is 11.2 Å². The normalized spacial score (nSPS) is 15.0. The molecule has 0 radical (unpaired) electrons. The van der Waals surface area contributed by atoms with Crippen molar-refractivity contribution in [3.8, 4) is 5.75 Å². The van der Waals surface area contributed by atoms with Gasteiger partial charge >= 0.3 is 0 Å². The maximum absolute atomic E-state index is 13.8. The maximum Gasteiger partial charge on any atom is 0.260 e. The van der Waals surface area contributed by atoms with Gasteiger partial charge < -0.3 is 10.1 Å². The average Bonchev–Trinajstić information content (AvgIpc) is 3.15. The number of benzene rings is 2. The predicted octanol–water partition coefficient (Wildman–Crippen LogP) is 4.33. The minimum atomic E-state index is -0.599. The number of carbonyl (C=O) groups excluding carboxylic acids is 2. The molecule has 6 nitrogen and oxygen atoms in total. The molecule has 0 spiro atoms. The topological polar surface area (TPSA) is 80.3 Å². The molecule has 1 aromatic heterocycles. The van der Waals surface area contributed by atoms with Gasteiger partial charge in [-0.2, -0.15) is 0 Å². The van der Waals surface area contributed by atoms with E-state index in [2.05, 4.69) is 21.7 Å². The first-order valence-corrected chi connectivity index (χ1v) is 10.8. The molecule has 160 valence electrons. The molecule has 3 aromatic rings. The van der Waals surface area contributed by atoms with Gasteiger partial charge in [-0.25, -0.2) is 9.37 Å². The highest BCUT2D eigenvalue weighted by Crippen LogP contribution is 2.35. The number of rotatable bonds is 5. The van der Waals surface area contributed by atoms with Crippen LogP contribution < -0.4 is 15.4 Å². The fourth-order valence-electron chi connectivity index (χ4n) is 3.69. The summed E-state index contributed by atoms with van der Waals surface area (Å²) < 4.78 is 19.6. The van der Waals surface area contributed by atoms with Crippen molar-refractivity contribution in [2.45, 2.75) is 32.7 Å². The van der Waals surface area contributed by atoms with Crippen molar-refractivity contribution in [1.82, 2.24) is 10.3 Å². The number of hydrogen-bond donors (Lipinski definition) is 2. The number of amides is 2. The lowest BCUT2D eigenvalue weighted by molar-refractivity contribution is -0.121. The van der Waals surface area contributed by atoms with Crippen LogP contribution in [0.2, 0.25) is 0 Å². The largest absolute Gasteiger partial charge is 0.493 e. The second-order valence-electron chi connectivity index (χ2n) is 7.51. The minimum Gasteiger partial charge on any atom is -0.493 e. The highest BCUT2D eigenvalue weighted by molar-refractivity contribution is 7.14. The standard InChI is InChI=1S/C23H22FN3O3S/c1-13-9-14(2)21-17(10-13)19(7-8-30-21)26-20(28)11-15-12-31-23(25-15)27-22(29)16-5-3-4-6-18(16)24/h3-6,9-10,12,19H,7-8,11H2,1-2H3,(H,26,28)(H,25,27,29). The molecule has 0 saturated carbocycles. The number of halogens is 1. The van der Waals surface area contributed by atoms with Gasteiger partial charge in [-0.05, 0) is 31.5 Å². The van der Waals surface area contributed by atoms with Gasteiger partial charge in [-0.3, -0.25) is 14.9 Å². The molecule has 1 aliphatic rings. The smallest absolute Gasteiger partial charge is 0.260 e. The molecular formula is C23H22FN3O3S. The summed E-state index contributed by atoms with van der Waals surface area (Å²) in [4.78, 5) is 29.1. The van der Waals surface area contributed by atoms with Crippen LogP contribution in [0, 0.1) is 19.7 Å². The van der Waals surface area contributed by atoms with E-state index in [1.165, 1.54) is 29.5 Å². The monoisotopic (exact) mass is 439 g/mol. The molecule has 0 saturated heterocycles. The third-order valence-electron chi connectivity index (χ3n) is 5.04. The van der Waals surface area contributed by atoms with Gasteiger partial charge in [-0.15, -0.1) is 11.3 Å². The van der Waals surface area contributed by atoms with Gasteiger partial charge in [0, 0.05) is 17.4 Å². The summed E-state index contributed by atoms with van der Waals surface area (Å²) in [5, 5.41) is 7.68. The van der Waals surface area contributed by atoms with Crippen LogP contribution in [0.25, 0.3) is 0 Å². The second-order valence-corrected chi connectivity index (χ2v) is 8.37. The van der Waals surface area contributed by atoms with Gasteiger partial charge in [0.15, 0.2) is 5.13 Å². The highest BCUT2D eigenvalue weighted by Gasteiger charge is 2.25. The Balaban J connectivity index is 1.39. The Labute approximate surface area is 183 Å². The second kappa shape index (κ2) is 8.85. The lowest BCUT2D eigenvalue weighted by atomic mass is 9.95. The molecule has 0 fully saturated rings. The lowest BCUT2D eigenvalue weighted by Crippen LogP contribution is -2.33. The fourth-order valence-corrected chi connectivity index (χ4v) is 4.40. The van der Waals surface area contributed by atoms with Gasteiger partial charge in [0.25, 0.3) is 5.91 Å². The quantitative estimate of drug-likeness (QED) is 0.620. The van der Waals surface area contributed by atoms with Crippen LogP contribution in [0.1, 0.15) is 45.2 Å². The van der Waals surface area contributed by atoms with Gasteiger partial charge in [-0.1, -0.05) is 29.8 Å². The van der Waals surface area contributed by atoms with E-state index in [-0.39, 0.29) is 23.9 Å². The third-order valence-corrected chi connectivity index (χ3v) is 5.85. The fraction of sp³-hybridized carbons (Fsp3) is 0.261. The van der Waals surface area contributed by atoms with E-state index < -0.39 is 11.7 Å². The Hall–Kier alpha value is -3.26. The molecule has 1 atom stereocenters. The van der Waals surface area contributed by atoms with Crippen LogP contribution in [-0.4, -0.2) is 23.4 Å². The molecule has 4 rings (SSSR count). The SMILES string of the molecule is Cc1cc(C)c2c(c1)C(NC(=O)Cc1csc(NC(=O)c3ccccc3F)n1)CCO2. The molecule has 31 heavy (non-hydrogen) atoms. The number of anilines is 1. The van der Waals surface area contributed by atoms with Crippen LogP contribution in [0.15, 0.2) is 41.8 Å². The molecule has 1 aliphatic heterocycles. The van der Waals surface area contributed by atoms with Crippen LogP contribution in [0.5, 0.6) is 5.75 Å². The number of nitrogens with zero attached hydrogens (tertiary/aromatic N) is 1. The molecule has 0 bridgehead atoms. The number of fused-ring (bicyclic) bond motifs is 1. The van der Waals surface area contributed by atoms with E-state index in [9.17, 15) is 14.0 Å². The van der Waals surface area contributed by atoms with E-state index >= 15 is 0 Å². The maximum atomic E-state index is 13.8. The summed E-state index contributed by atoms with van der Waals surface area (Å²) in [6.45, 7) is 4.57. The van der Waals surface area contributed by atoms with Crippen molar-refractivity contribution >= 4 is 28.3 Å². The summed E-state index contributed by atoms with van der Waals surface area (Å²) >= 11 is 1.19. The van der Waals surface area contributed by atoms with Crippen molar-refractivity contribution < 1.29 is 18.7 Å². The summed E-state index contributed by atoms with van der Waals surface area (Å²) in [5.41, 5.74) is 3.66. The average molecular weight is 440 g/mol. The first kappa shape index (κ1) is 21.0. The number of aromatic nitrogens is 1. The van der Waals surface area contributed by atoms with Gasteiger partial charge in [0.05, 0.1) is 30.3 Å². The zero-order valence-corrected chi connectivity index (χ0v) is 18.0. The zero-order chi connectivity index (χ0) is 22.0. The molecule has 0 aliphatic carbocycles. The molecule has 8 heteroatoms. The van der Waals surface area contributed by atoms with E-state index in [1.807, 2.05) is 19.9 Å². The summed E-state index contributed by atoms with van der Waals surface area (Å²) in [6, 6.07) is 9.74. The highest BCUT2D eigenvalue weighted by atomic mass is 32.1. The van der Waals surface area contributed by atoms with Crippen molar-refractivity contribution in [1.29, 1.82) is 0 Å². The summed E-state index contributed by atoms with van der Waals surface area (Å²) in [6.07, 6.45) is 0.784. The van der Waals surface area contributed by atoms with E-state index in [0.29, 0.717) is 23.9 Å². The Bertz CT molecular complexity index is 1140. The van der Waals surface area contributed by atoms with Gasteiger partial charge in [0.2, 0.25) is 5.91 Å². The van der Waals surface area contributed by atoms with Crippen molar-refractivity contribution in [2.24, 2.45) is 0 Å². The molecule has 2 aromatic carbocycles. The Morgan fingerprint density at radius 3 is 2.87 bits per heavy atom. The zero-order valence-electron chi connectivity index (χ0n) is 17.2. The number of thiazole rings is 1. The van der Waals surface area contributed by atoms with Crippen molar-refractivity contribution in [3.63, 3.8) is 0 Å². The molecule has 2 amide bonds. The van der Waals surface area contributed by atoms with E-state index in [4.69, 9.17) is 4.74 Å². The first-order chi connectivity index (χ1) is 14.9. The van der Waals surface area contributed by atoms with Crippen molar-refractivity contribution in [2.75, 3.05) is 11.9 Å². The first-order valence-electron chi connectivity index (χ1n) is 9.94. The van der Waals surface area contributed by atoms with E-state index in [1.54, 1.807) is 11.4 Å². The number of hydrogen-bond acceptors (Lipinski definition) is 5. The Morgan fingerprint density at radius 2 is 2.06 bits per heavy atom. The molecule has 1 unspecified atom stereocenters. The Kier molecular flexibility index (Phi) is 5.99. The van der Waals surface area contributed by atoms with E-state index in [0.717, 1.165) is 22.4 Å². The molecule has 2 heterocycles. The number of nitrogens with one attached hydrogen (secondary N) is 2. The molecular weight excluding hydrogens is 417 g/mol. The summed E-state index contributed by atoms with van der Waals surface area (Å²) in [5.74, 6) is -0.491. The van der Waals surface area contributed by atoms with Crippen molar-refractivity contribution in [3.05, 3.63) is 75.5 Å². The minimum absolute atomic E-state index is 0.0548. The summed E-state index contributed by atoms with van der Waals surface area (Å²) in [7, 11) is 0. The lowest BCUT2D eigenvalue weighted by Gasteiger charge is -2.28. The predicted molar refractivity (Wildman–Crippen MR) is 117 cm³/mol. The molecule has 2 N–H and O–H groups in total.